The highest BCUT2D eigenvalue weighted by molar-refractivity contribution is 5.92. The van der Waals surface area contributed by atoms with E-state index in [2.05, 4.69) is 10.4 Å². The molecular weight excluding hydrogens is 320 g/mol. The molecule has 0 bridgehead atoms. The van der Waals surface area contributed by atoms with Gasteiger partial charge in [0.2, 0.25) is 17.2 Å². The van der Waals surface area contributed by atoms with Gasteiger partial charge in [0.15, 0.2) is 0 Å². The van der Waals surface area contributed by atoms with Crippen molar-refractivity contribution >= 4 is 22.7 Å². The molecule has 0 radical (unpaired) electrons. The zero-order valence-electron chi connectivity index (χ0n) is 13.3. The lowest BCUT2D eigenvalue weighted by atomic mass is 10.1. The van der Waals surface area contributed by atoms with Crippen molar-refractivity contribution in [1.82, 2.24) is 15.1 Å². The summed E-state index contributed by atoms with van der Waals surface area (Å²) in [7, 11) is 0. The van der Waals surface area contributed by atoms with E-state index < -0.39 is 5.91 Å². The first-order chi connectivity index (χ1) is 12.0. The van der Waals surface area contributed by atoms with Crippen LogP contribution in [-0.4, -0.2) is 21.6 Å². The van der Waals surface area contributed by atoms with Gasteiger partial charge in [-0.25, -0.2) is 0 Å². The number of nitrogens with zero attached hydrogens (tertiary/aromatic N) is 2. The van der Waals surface area contributed by atoms with Gasteiger partial charge >= 0.3 is 0 Å². The maximum Gasteiger partial charge on any atom is 0.248 e. The Morgan fingerprint density at radius 2 is 1.92 bits per heavy atom. The Morgan fingerprint density at radius 3 is 2.72 bits per heavy atom. The largest absolute Gasteiger partial charge is 0.366 e. The summed E-state index contributed by atoms with van der Waals surface area (Å²) in [4.78, 5) is 35.2. The number of carbonyl (C=O) groups is 2. The van der Waals surface area contributed by atoms with Gasteiger partial charge in [-0.05, 0) is 29.8 Å². The zero-order valence-corrected chi connectivity index (χ0v) is 13.3. The van der Waals surface area contributed by atoms with Gasteiger partial charge in [0.1, 0.15) is 6.54 Å². The van der Waals surface area contributed by atoms with E-state index in [9.17, 15) is 14.4 Å². The summed E-state index contributed by atoms with van der Waals surface area (Å²) in [5.74, 6) is -0.775. The van der Waals surface area contributed by atoms with Crippen LogP contribution in [0.1, 0.15) is 15.9 Å². The first-order valence-electron chi connectivity index (χ1n) is 7.65. The second-order valence-corrected chi connectivity index (χ2v) is 5.52. The monoisotopic (exact) mass is 336 g/mol. The van der Waals surface area contributed by atoms with Crippen molar-refractivity contribution in [2.24, 2.45) is 5.73 Å². The molecule has 0 saturated carbocycles. The van der Waals surface area contributed by atoms with Crippen LogP contribution < -0.4 is 16.5 Å². The number of nitrogens with two attached hydrogens (primary N) is 1. The van der Waals surface area contributed by atoms with Crippen molar-refractivity contribution < 1.29 is 9.59 Å². The molecule has 25 heavy (non-hydrogen) atoms. The summed E-state index contributed by atoms with van der Waals surface area (Å²) >= 11 is 0. The highest BCUT2D eigenvalue weighted by atomic mass is 16.2. The third kappa shape index (κ3) is 3.72. The average Bonchev–Trinajstić information content (AvgIpc) is 2.63. The van der Waals surface area contributed by atoms with Crippen LogP contribution in [0.3, 0.4) is 0 Å². The van der Waals surface area contributed by atoms with E-state index in [4.69, 9.17) is 5.73 Å². The molecule has 2 aromatic carbocycles. The molecule has 3 rings (SSSR count). The smallest absolute Gasteiger partial charge is 0.248 e. The van der Waals surface area contributed by atoms with Gasteiger partial charge in [-0.1, -0.05) is 24.3 Å². The second-order valence-electron chi connectivity index (χ2n) is 5.52. The van der Waals surface area contributed by atoms with Crippen LogP contribution in [0.4, 0.5) is 0 Å². The molecule has 0 spiro atoms. The Hall–Kier alpha value is -3.48. The maximum atomic E-state index is 12.2. The Morgan fingerprint density at radius 1 is 1.12 bits per heavy atom. The van der Waals surface area contributed by atoms with E-state index in [1.165, 1.54) is 10.9 Å². The molecule has 7 heteroatoms. The number of benzene rings is 2. The highest BCUT2D eigenvalue weighted by Crippen LogP contribution is 2.08. The molecular formula is C18H16N4O3. The van der Waals surface area contributed by atoms with Crippen molar-refractivity contribution in [3.63, 3.8) is 0 Å². The highest BCUT2D eigenvalue weighted by Gasteiger charge is 2.08. The maximum absolute atomic E-state index is 12.2. The molecule has 0 aliphatic carbocycles. The van der Waals surface area contributed by atoms with Crippen LogP contribution >= 0.6 is 0 Å². The number of rotatable bonds is 5. The number of para-hydroxylation sites is 1. The average molecular weight is 336 g/mol. The third-order valence-corrected chi connectivity index (χ3v) is 3.76. The molecule has 7 nitrogen and oxygen atoms in total. The molecule has 0 aliphatic heterocycles. The molecule has 2 amide bonds. The standard InChI is InChI=1S/C18H16N4O3/c19-18(25)13-5-3-4-12(8-13)9-20-17(24)11-22-15-7-2-1-6-14(15)16(23)10-21-22/h1-8,10H,9,11H2,(H2,19,25)(H,20,24). The van der Waals surface area contributed by atoms with E-state index in [1.54, 1.807) is 48.5 Å². The summed E-state index contributed by atoms with van der Waals surface area (Å²) < 4.78 is 1.48. The summed E-state index contributed by atoms with van der Waals surface area (Å²) in [5, 5.41) is 7.30. The van der Waals surface area contributed by atoms with Crippen LogP contribution in [-0.2, 0) is 17.9 Å². The molecule has 1 aromatic heterocycles. The molecule has 3 N–H and O–H groups in total. The number of nitrogens with one attached hydrogen (secondary N) is 1. The number of fused-ring (bicyclic) bond motifs is 1. The third-order valence-electron chi connectivity index (χ3n) is 3.76. The summed E-state index contributed by atoms with van der Waals surface area (Å²) in [5.41, 5.74) is 6.81. The number of hydrogen-bond donors (Lipinski definition) is 2. The predicted octanol–water partition coefficient (Wildman–Crippen LogP) is 0.812. The summed E-state index contributed by atoms with van der Waals surface area (Å²) in [6, 6.07) is 13.7. The summed E-state index contributed by atoms with van der Waals surface area (Å²) in [6.07, 6.45) is 1.20. The van der Waals surface area contributed by atoms with Crippen molar-refractivity contribution in [1.29, 1.82) is 0 Å². The Kier molecular flexibility index (Phi) is 4.56. The van der Waals surface area contributed by atoms with E-state index in [-0.39, 0.29) is 24.4 Å². The lowest BCUT2D eigenvalue weighted by molar-refractivity contribution is -0.121. The quantitative estimate of drug-likeness (QED) is 0.719. The van der Waals surface area contributed by atoms with Gasteiger partial charge < -0.3 is 11.1 Å². The Labute approximate surface area is 143 Å². The number of primary amides is 1. The summed E-state index contributed by atoms with van der Waals surface area (Å²) in [6.45, 7) is 0.244. The van der Waals surface area contributed by atoms with Gasteiger partial charge in [-0.2, -0.15) is 5.10 Å². The number of aromatic nitrogens is 2. The normalized spacial score (nSPS) is 10.6. The number of amides is 2. The van der Waals surface area contributed by atoms with Gasteiger partial charge in [0.25, 0.3) is 0 Å². The van der Waals surface area contributed by atoms with E-state index in [1.807, 2.05) is 0 Å². The molecule has 1 heterocycles. The van der Waals surface area contributed by atoms with Crippen molar-refractivity contribution in [3.05, 3.63) is 76.1 Å². The molecule has 0 unspecified atom stereocenters. The topological polar surface area (TPSA) is 107 Å². The van der Waals surface area contributed by atoms with Crippen LogP contribution in [0.15, 0.2) is 59.5 Å². The van der Waals surface area contributed by atoms with Gasteiger partial charge in [0.05, 0.1) is 11.7 Å². The van der Waals surface area contributed by atoms with Crippen LogP contribution in [0.5, 0.6) is 0 Å². The minimum Gasteiger partial charge on any atom is -0.366 e. The second kappa shape index (κ2) is 6.96. The lowest BCUT2D eigenvalue weighted by Crippen LogP contribution is -2.29. The van der Waals surface area contributed by atoms with Crippen LogP contribution in [0.2, 0.25) is 0 Å². The van der Waals surface area contributed by atoms with Gasteiger partial charge in [-0.15, -0.1) is 0 Å². The Bertz CT molecular complexity index is 1010. The SMILES string of the molecule is NC(=O)c1cccc(CNC(=O)Cn2ncc(=O)c3ccccc32)c1. The molecule has 0 atom stereocenters. The van der Waals surface area contributed by atoms with Crippen LogP contribution in [0, 0.1) is 0 Å². The fourth-order valence-corrected chi connectivity index (χ4v) is 2.51. The minimum atomic E-state index is -0.517. The van der Waals surface area contributed by atoms with Crippen LogP contribution in [0.25, 0.3) is 10.9 Å². The fourth-order valence-electron chi connectivity index (χ4n) is 2.51. The molecule has 3 aromatic rings. The fraction of sp³-hybridized carbons (Fsp3) is 0.111. The predicted molar refractivity (Wildman–Crippen MR) is 92.8 cm³/mol. The number of hydrogen-bond acceptors (Lipinski definition) is 4. The molecule has 0 aliphatic rings. The van der Waals surface area contributed by atoms with E-state index in [0.717, 1.165) is 5.56 Å². The molecule has 126 valence electrons. The first-order valence-corrected chi connectivity index (χ1v) is 7.65. The number of carbonyl (C=O) groups excluding carboxylic acids is 2. The molecule has 0 saturated heterocycles. The van der Waals surface area contributed by atoms with Gasteiger partial charge in [-0.3, -0.25) is 19.1 Å². The van der Waals surface area contributed by atoms with Crippen molar-refractivity contribution in [2.75, 3.05) is 0 Å². The van der Waals surface area contributed by atoms with Crippen molar-refractivity contribution in [3.8, 4) is 0 Å². The zero-order chi connectivity index (χ0) is 17.8. The lowest BCUT2D eigenvalue weighted by Gasteiger charge is -2.10. The Balaban J connectivity index is 1.71. The molecule has 0 fully saturated rings. The minimum absolute atomic E-state index is 0.0176. The van der Waals surface area contributed by atoms with Gasteiger partial charge in [0, 0.05) is 17.5 Å². The first kappa shape index (κ1) is 16.4. The van der Waals surface area contributed by atoms with Crippen molar-refractivity contribution in [2.45, 2.75) is 13.1 Å². The van der Waals surface area contributed by atoms with E-state index >= 15 is 0 Å². The van der Waals surface area contributed by atoms with E-state index in [0.29, 0.717) is 16.5 Å².